The quantitative estimate of drug-likeness (QED) is 0.792. The van der Waals surface area contributed by atoms with E-state index >= 15 is 0 Å². The maximum atomic E-state index is 6.16. The number of hydrogen-bond donors (Lipinski definition) is 1. The summed E-state index contributed by atoms with van der Waals surface area (Å²) in [6.07, 6.45) is 6.40. The van der Waals surface area contributed by atoms with Gasteiger partial charge in [0.25, 0.3) is 0 Å². The number of benzene rings is 1. The summed E-state index contributed by atoms with van der Waals surface area (Å²) in [7, 11) is 1.66. The van der Waals surface area contributed by atoms with Crippen LogP contribution in [0.15, 0.2) is 12.1 Å². The van der Waals surface area contributed by atoms with Gasteiger partial charge in [-0.1, -0.05) is 24.4 Å². The zero-order chi connectivity index (χ0) is 13.9. The van der Waals surface area contributed by atoms with E-state index in [1.807, 2.05) is 12.1 Å². The van der Waals surface area contributed by atoms with E-state index in [2.05, 4.69) is 5.32 Å². The molecule has 0 radical (unpaired) electrons. The zero-order valence-electron chi connectivity index (χ0n) is 12.0. The van der Waals surface area contributed by atoms with Crippen molar-refractivity contribution in [1.82, 2.24) is 5.32 Å². The van der Waals surface area contributed by atoms with Crippen molar-refractivity contribution < 1.29 is 9.47 Å². The molecule has 3 rings (SSSR count). The molecule has 0 heterocycles. The molecule has 0 bridgehead atoms. The summed E-state index contributed by atoms with van der Waals surface area (Å²) < 4.78 is 11.4. The normalized spacial score (nSPS) is 18.1. The molecule has 0 aliphatic heterocycles. The Morgan fingerprint density at radius 2 is 2.05 bits per heavy atom. The van der Waals surface area contributed by atoms with E-state index in [9.17, 15) is 0 Å². The van der Waals surface area contributed by atoms with Crippen LogP contribution in [0.4, 0.5) is 0 Å². The standard InChI is InChI=1S/C16H22ClNO2/c1-19-15-9-13(17)8-12(10-18-14-4-5-14)16(15)20-7-6-11-2-3-11/h8-9,11,14,18H,2-7,10H2,1H3. The Labute approximate surface area is 125 Å². The molecular weight excluding hydrogens is 274 g/mol. The van der Waals surface area contributed by atoms with Gasteiger partial charge in [0, 0.05) is 29.2 Å². The van der Waals surface area contributed by atoms with Crippen LogP contribution in [0.1, 0.15) is 37.7 Å². The first-order chi connectivity index (χ1) is 9.76. The summed E-state index contributed by atoms with van der Waals surface area (Å²) in [5, 5.41) is 4.21. The van der Waals surface area contributed by atoms with Gasteiger partial charge >= 0.3 is 0 Å². The smallest absolute Gasteiger partial charge is 0.165 e. The Kier molecular flexibility index (Phi) is 4.37. The van der Waals surface area contributed by atoms with Crippen molar-refractivity contribution in [2.45, 2.75) is 44.7 Å². The molecule has 0 saturated heterocycles. The van der Waals surface area contributed by atoms with Gasteiger partial charge in [-0.05, 0) is 31.2 Å². The van der Waals surface area contributed by atoms with Crippen LogP contribution >= 0.6 is 11.6 Å². The first-order valence-electron chi connectivity index (χ1n) is 7.49. The highest BCUT2D eigenvalue weighted by atomic mass is 35.5. The van der Waals surface area contributed by atoms with Crippen molar-refractivity contribution in [1.29, 1.82) is 0 Å². The SMILES string of the molecule is COc1cc(Cl)cc(CNC2CC2)c1OCCC1CC1. The molecule has 2 fully saturated rings. The summed E-state index contributed by atoms with van der Waals surface area (Å²) in [5.41, 5.74) is 1.09. The van der Waals surface area contributed by atoms with Gasteiger partial charge in [-0.25, -0.2) is 0 Å². The fourth-order valence-corrected chi connectivity index (χ4v) is 2.58. The lowest BCUT2D eigenvalue weighted by Gasteiger charge is -2.16. The van der Waals surface area contributed by atoms with E-state index in [0.717, 1.165) is 42.6 Å². The van der Waals surface area contributed by atoms with Gasteiger partial charge in [0.15, 0.2) is 11.5 Å². The van der Waals surface area contributed by atoms with Crippen LogP contribution in [0.3, 0.4) is 0 Å². The molecule has 1 aromatic carbocycles. The summed E-state index contributed by atoms with van der Waals surface area (Å²) in [6.45, 7) is 1.55. The highest BCUT2D eigenvalue weighted by Crippen LogP contribution is 2.37. The minimum Gasteiger partial charge on any atom is -0.493 e. The third-order valence-corrected chi connectivity index (χ3v) is 4.16. The third-order valence-electron chi connectivity index (χ3n) is 3.94. The average Bonchev–Trinajstić information content (AvgIpc) is 3.32. The minimum atomic E-state index is 0.666. The second kappa shape index (κ2) is 6.23. The lowest BCUT2D eigenvalue weighted by molar-refractivity contribution is 0.279. The lowest BCUT2D eigenvalue weighted by Crippen LogP contribution is -2.16. The molecule has 0 spiro atoms. The molecule has 1 aromatic rings. The molecule has 0 aromatic heterocycles. The number of rotatable bonds is 8. The maximum Gasteiger partial charge on any atom is 0.165 e. The molecule has 2 aliphatic rings. The molecule has 2 aliphatic carbocycles. The molecule has 1 N–H and O–H groups in total. The molecule has 4 heteroatoms. The summed E-state index contributed by atoms with van der Waals surface area (Å²) in [6, 6.07) is 4.47. The molecule has 110 valence electrons. The Morgan fingerprint density at radius 1 is 1.25 bits per heavy atom. The van der Waals surface area contributed by atoms with Gasteiger partial charge in [0.1, 0.15) is 0 Å². The topological polar surface area (TPSA) is 30.5 Å². The van der Waals surface area contributed by atoms with Crippen LogP contribution in [-0.4, -0.2) is 19.8 Å². The van der Waals surface area contributed by atoms with Gasteiger partial charge in [-0.3, -0.25) is 0 Å². The van der Waals surface area contributed by atoms with Gasteiger partial charge in [-0.15, -0.1) is 0 Å². The van der Waals surface area contributed by atoms with Gasteiger partial charge < -0.3 is 14.8 Å². The molecule has 0 atom stereocenters. The van der Waals surface area contributed by atoms with E-state index in [-0.39, 0.29) is 0 Å². The Hall–Kier alpha value is -0.930. The molecular formula is C16H22ClNO2. The second-order valence-electron chi connectivity index (χ2n) is 5.83. The van der Waals surface area contributed by atoms with Crippen molar-refractivity contribution in [3.05, 3.63) is 22.7 Å². The fraction of sp³-hybridized carbons (Fsp3) is 0.625. The van der Waals surface area contributed by atoms with E-state index in [1.54, 1.807) is 7.11 Å². The predicted molar refractivity (Wildman–Crippen MR) is 80.7 cm³/mol. The molecule has 2 saturated carbocycles. The van der Waals surface area contributed by atoms with E-state index in [1.165, 1.54) is 25.7 Å². The van der Waals surface area contributed by atoms with Crippen LogP contribution in [0.25, 0.3) is 0 Å². The van der Waals surface area contributed by atoms with E-state index < -0.39 is 0 Å². The van der Waals surface area contributed by atoms with Crippen molar-refractivity contribution in [2.24, 2.45) is 5.92 Å². The predicted octanol–water partition coefficient (Wildman–Crippen LogP) is 3.78. The Balaban J connectivity index is 1.70. The second-order valence-corrected chi connectivity index (χ2v) is 6.27. The molecule has 20 heavy (non-hydrogen) atoms. The van der Waals surface area contributed by atoms with Crippen molar-refractivity contribution >= 4 is 11.6 Å². The van der Waals surface area contributed by atoms with E-state index in [0.29, 0.717) is 11.1 Å². The number of nitrogens with one attached hydrogen (secondary N) is 1. The molecule has 3 nitrogen and oxygen atoms in total. The molecule has 0 amide bonds. The zero-order valence-corrected chi connectivity index (χ0v) is 12.7. The minimum absolute atomic E-state index is 0.666. The first-order valence-corrected chi connectivity index (χ1v) is 7.86. The van der Waals surface area contributed by atoms with Crippen LogP contribution in [0, 0.1) is 5.92 Å². The van der Waals surface area contributed by atoms with E-state index in [4.69, 9.17) is 21.1 Å². The van der Waals surface area contributed by atoms with Crippen molar-refractivity contribution in [3.63, 3.8) is 0 Å². The van der Waals surface area contributed by atoms with Crippen LogP contribution in [0.2, 0.25) is 5.02 Å². The van der Waals surface area contributed by atoms with Gasteiger partial charge in [0.2, 0.25) is 0 Å². The van der Waals surface area contributed by atoms with Crippen molar-refractivity contribution in [2.75, 3.05) is 13.7 Å². The first kappa shape index (κ1) is 14.0. The average molecular weight is 296 g/mol. The molecule has 0 unspecified atom stereocenters. The van der Waals surface area contributed by atoms with Crippen LogP contribution < -0.4 is 14.8 Å². The van der Waals surface area contributed by atoms with Crippen molar-refractivity contribution in [3.8, 4) is 11.5 Å². The third kappa shape index (κ3) is 3.80. The highest BCUT2D eigenvalue weighted by Gasteiger charge is 2.23. The number of ether oxygens (including phenoxy) is 2. The Morgan fingerprint density at radius 3 is 2.70 bits per heavy atom. The van der Waals surface area contributed by atoms with Crippen LogP contribution in [-0.2, 0) is 6.54 Å². The monoisotopic (exact) mass is 295 g/mol. The number of hydrogen-bond acceptors (Lipinski definition) is 3. The fourth-order valence-electron chi connectivity index (χ4n) is 2.35. The Bertz CT molecular complexity index is 470. The van der Waals surface area contributed by atoms with Gasteiger partial charge in [-0.2, -0.15) is 0 Å². The van der Waals surface area contributed by atoms with Crippen LogP contribution in [0.5, 0.6) is 11.5 Å². The lowest BCUT2D eigenvalue weighted by atomic mass is 10.1. The number of halogens is 1. The van der Waals surface area contributed by atoms with Gasteiger partial charge in [0.05, 0.1) is 13.7 Å². The largest absolute Gasteiger partial charge is 0.493 e. The summed E-state index contributed by atoms with van der Waals surface area (Å²) >= 11 is 6.16. The summed E-state index contributed by atoms with van der Waals surface area (Å²) in [5.74, 6) is 2.47. The summed E-state index contributed by atoms with van der Waals surface area (Å²) in [4.78, 5) is 0. The highest BCUT2D eigenvalue weighted by molar-refractivity contribution is 6.30. The number of methoxy groups -OCH3 is 1. The maximum absolute atomic E-state index is 6.16.